The second-order valence-corrected chi connectivity index (χ2v) is 6.14. The van der Waals surface area contributed by atoms with Gasteiger partial charge in [0.2, 0.25) is 5.78 Å². The van der Waals surface area contributed by atoms with Crippen molar-refractivity contribution in [2.75, 3.05) is 6.61 Å². The van der Waals surface area contributed by atoms with Gasteiger partial charge in [0.1, 0.15) is 0 Å². The second kappa shape index (κ2) is 7.01. The number of aliphatic hydroxyl groups excluding tert-OH is 1. The molecule has 0 fully saturated rings. The molecular formula is C19H21NO4. The van der Waals surface area contributed by atoms with Crippen molar-refractivity contribution in [2.45, 2.75) is 38.3 Å². The van der Waals surface area contributed by atoms with Crippen LogP contribution in [-0.2, 0) is 16.1 Å². The number of aliphatic hydroxyl groups is 1. The van der Waals surface area contributed by atoms with E-state index in [0.29, 0.717) is 30.6 Å². The molecule has 3 rings (SSSR count). The topological polar surface area (TPSA) is 68.5 Å². The molecule has 0 bridgehead atoms. The van der Waals surface area contributed by atoms with E-state index in [1.807, 2.05) is 28.8 Å². The SMILES string of the molecule is CC(O)CCOC(=O)C1CCn2c(C(=O)c3ccccc3)ccc21. The predicted octanol–water partition coefficient (Wildman–Crippen LogP) is 2.52. The van der Waals surface area contributed by atoms with Gasteiger partial charge in [-0.1, -0.05) is 30.3 Å². The number of carbonyl (C=O) groups excluding carboxylic acids is 2. The van der Waals surface area contributed by atoms with Gasteiger partial charge < -0.3 is 14.4 Å². The molecule has 0 aliphatic carbocycles. The molecule has 1 aromatic heterocycles. The molecule has 24 heavy (non-hydrogen) atoms. The lowest BCUT2D eigenvalue weighted by atomic mass is 10.1. The summed E-state index contributed by atoms with van der Waals surface area (Å²) in [5, 5.41) is 9.23. The van der Waals surface area contributed by atoms with Crippen LogP contribution in [0.4, 0.5) is 0 Å². The number of carbonyl (C=O) groups is 2. The molecule has 0 amide bonds. The van der Waals surface area contributed by atoms with E-state index >= 15 is 0 Å². The summed E-state index contributed by atoms with van der Waals surface area (Å²) in [6.07, 6.45) is 0.580. The van der Waals surface area contributed by atoms with Crippen molar-refractivity contribution in [3.05, 3.63) is 59.4 Å². The molecule has 1 aliphatic rings. The fourth-order valence-electron chi connectivity index (χ4n) is 3.05. The van der Waals surface area contributed by atoms with Crippen LogP contribution >= 0.6 is 0 Å². The molecule has 1 aliphatic heterocycles. The quantitative estimate of drug-likeness (QED) is 0.654. The molecular weight excluding hydrogens is 306 g/mol. The maximum absolute atomic E-state index is 12.6. The zero-order valence-corrected chi connectivity index (χ0v) is 13.6. The van der Waals surface area contributed by atoms with Gasteiger partial charge in [0.05, 0.1) is 24.3 Å². The first-order chi connectivity index (χ1) is 11.6. The van der Waals surface area contributed by atoms with Crippen LogP contribution in [0.5, 0.6) is 0 Å². The molecule has 1 N–H and O–H groups in total. The number of rotatable bonds is 6. The number of aromatic nitrogens is 1. The highest BCUT2D eigenvalue weighted by molar-refractivity contribution is 6.08. The van der Waals surface area contributed by atoms with E-state index < -0.39 is 6.10 Å². The van der Waals surface area contributed by atoms with Crippen molar-refractivity contribution in [3.63, 3.8) is 0 Å². The van der Waals surface area contributed by atoms with Gasteiger partial charge in [-0.05, 0) is 25.5 Å². The zero-order valence-electron chi connectivity index (χ0n) is 13.6. The Morgan fingerprint density at radius 3 is 2.71 bits per heavy atom. The molecule has 1 aromatic carbocycles. The van der Waals surface area contributed by atoms with Crippen LogP contribution < -0.4 is 0 Å². The highest BCUT2D eigenvalue weighted by Crippen LogP contribution is 2.32. The van der Waals surface area contributed by atoms with Crippen molar-refractivity contribution in [3.8, 4) is 0 Å². The van der Waals surface area contributed by atoms with Gasteiger partial charge in [-0.2, -0.15) is 0 Å². The Balaban J connectivity index is 1.73. The fourth-order valence-corrected chi connectivity index (χ4v) is 3.05. The van der Waals surface area contributed by atoms with Crippen molar-refractivity contribution in [1.29, 1.82) is 0 Å². The van der Waals surface area contributed by atoms with Crippen LogP contribution in [0.2, 0.25) is 0 Å². The maximum Gasteiger partial charge on any atom is 0.315 e. The summed E-state index contributed by atoms with van der Waals surface area (Å²) < 4.78 is 7.16. The van der Waals surface area contributed by atoms with E-state index in [2.05, 4.69) is 0 Å². The third kappa shape index (κ3) is 3.26. The van der Waals surface area contributed by atoms with Crippen LogP contribution in [-0.4, -0.2) is 34.1 Å². The van der Waals surface area contributed by atoms with E-state index in [4.69, 9.17) is 4.74 Å². The third-order valence-corrected chi connectivity index (χ3v) is 4.35. The summed E-state index contributed by atoms with van der Waals surface area (Å²) in [6, 6.07) is 12.7. The van der Waals surface area contributed by atoms with E-state index in [0.717, 1.165) is 5.69 Å². The Morgan fingerprint density at radius 1 is 1.25 bits per heavy atom. The number of esters is 1. The minimum atomic E-state index is -0.486. The van der Waals surface area contributed by atoms with Crippen LogP contribution in [0.3, 0.4) is 0 Å². The second-order valence-electron chi connectivity index (χ2n) is 6.14. The van der Waals surface area contributed by atoms with Crippen molar-refractivity contribution in [1.82, 2.24) is 4.57 Å². The molecule has 0 spiro atoms. The molecule has 0 saturated carbocycles. The van der Waals surface area contributed by atoms with E-state index in [9.17, 15) is 14.7 Å². The Kier molecular flexibility index (Phi) is 4.81. The van der Waals surface area contributed by atoms with Gasteiger partial charge in [0.25, 0.3) is 0 Å². The third-order valence-electron chi connectivity index (χ3n) is 4.35. The molecule has 2 atom stereocenters. The number of ether oxygens (including phenoxy) is 1. The number of fused-ring (bicyclic) bond motifs is 1. The summed E-state index contributed by atoms with van der Waals surface area (Å²) in [5.41, 5.74) is 2.08. The smallest absolute Gasteiger partial charge is 0.315 e. The average Bonchev–Trinajstić information content (AvgIpc) is 3.16. The Bertz CT molecular complexity index is 733. The van der Waals surface area contributed by atoms with Crippen molar-refractivity contribution in [2.24, 2.45) is 0 Å². The van der Waals surface area contributed by atoms with Gasteiger partial charge in [-0.3, -0.25) is 9.59 Å². The van der Waals surface area contributed by atoms with Crippen LogP contribution in [0.15, 0.2) is 42.5 Å². The minimum absolute atomic E-state index is 0.0371. The molecule has 0 saturated heterocycles. The lowest BCUT2D eigenvalue weighted by Crippen LogP contribution is -2.16. The first kappa shape index (κ1) is 16.5. The van der Waals surface area contributed by atoms with Gasteiger partial charge in [0, 0.05) is 24.2 Å². The molecule has 0 radical (unpaired) electrons. The van der Waals surface area contributed by atoms with Crippen molar-refractivity contribution >= 4 is 11.8 Å². The monoisotopic (exact) mass is 327 g/mol. The number of ketones is 1. The van der Waals surface area contributed by atoms with E-state index in [1.54, 1.807) is 25.1 Å². The molecule has 2 unspecified atom stereocenters. The van der Waals surface area contributed by atoms with Gasteiger partial charge >= 0.3 is 5.97 Å². The highest BCUT2D eigenvalue weighted by Gasteiger charge is 2.32. The number of nitrogens with zero attached hydrogens (tertiary/aromatic N) is 1. The summed E-state index contributed by atoms with van der Waals surface area (Å²) in [6.45, 7) is 2.51. The molecule has 2 aromatic rings. The van der Waals surface area contributed by atoms with Crippen LogP contribution in [0, 0.1) is 0 Å². The van der Waals surface area contributed by atoms with Crippen LogP contribution in [0.25, 0.3) is 0 Å². The molecule has 2 heterocycles. The van der Waals surface area contributed by atoms with Gasteiger partial charge in [-0.25, -0.2) is 0 Å². The Hall–Kier alpha value is -2.40. The van der Waals surface area contributed by atoms with Crippen LogP contribution in [0.1, 0.15) is 47.4 Å². The minimum Gasteiger partial charge on any atom is -0.465 e. The lowest BCUT2D eigenvalue weighted by molar-refractivity contribution is -0.146. The number of hydrogen-bond acceptors (Lipinski definition) is 4. The van der Waals surface area contributed by atoms with Gasteiger partial charge in [0.15, 0.2) is 0 Å². The maximum atomic E-state index is 12.6. The number of benzene rings is 1. The van der Waals surface area contributed by atoms with Crippen molar-refractivity contribution < 1.29 is 19.4 Å². The highest BCUT2D eigenvalue weighted by atomic mass is 16.5. The summed E-state index contributed by atoms with van der Waals surface area (Å²) in [5.74, 6) is -0.660. The molecule has 5 heteroatoms. The summed E-state index contributed by atoms with van der Waals surface area (Å²) in [4.78, 5) is 24.9. The van der Waals surface area contributed by atoms with Gasteiger partial charge in [-0.15, -0.1) is 0 Å². The lowest BCUT2D eigenvalue weighted by Gasteiger charge is -2.10. The first-order valence-electron chi connectivity index (χ1n) is 8.22. The zero-order chi connectivity index (χ0) is 17.1. The fraction of sp³-hybridized carbons (Fsp3) is 0.368. The largest absolute Gasteiger partial charge is 0.465 e. The number of hydrogen-bond donors (Lipinski definition) is 1. The first-order valence-corrected chi connectivity index (χ1v) is 8.22. The average molecular weight is 327 g/mol. The normalized spacial score (nSPS) is 17.3. The van der Waals surface area contributed by atoms with E-state index in [1.165, 1.54) is 0 Å². The Morgan fingerprint density at radius 2 is 2.00 bits per heavy atom. The molecule has 126 valence electrons. The predicted molar refractivity (Wildman–Crippen MR) is 88.9 cm³/mol. The standard InChI is InChI=1S/C19H21NO4/c1-13(21)10-12-24-19(23)15-9-11-20-16(15)7-8-17(20)18(22)14-5-3-2-4-6-14/h2-8,13,15,21H,9-12H2,1H3. The summed E-state index contributed by atoms with van der Waals surface area (Å²) >= 11 is 0. The van der Waals surface area contributed by atoms with E-state index in [-0.39, 0.29) is 24.3 Å². The summed E-state index contributed by atoms with van der Waals surface area (Å²) in [7, 11) is 0. The molecule has 5 nitrogen and oxygen atoms in total. The Labute approximate surface area is 140 Å².